The largest absolute Gasteiger partial charge is 0.494 e. The zero-order chi connectivity index (χ0) is 16.8. The van der Waals surface area contributed by atoms with E-state index in [-0.39, 0.29) is 12.2 Å². The summed E-state index contributed by atoms with van der Waals surface area (Å²) in [6.45, 7) is 1.80. The van der Waals surface area contributed by atoms with E-state index in [0.717, 1.165) is 5.56 Å². The maximum Gasteiger partial charge on any atom is 0.269 e. The van der Waals surface area contributed by atoms with Crippen molar-refractivity contribution < 1.29 is 18.7 Å². The van der Waals surface area contributed by atoms with Crippen molar-refractivity contribution in [3.05, 3.63) is 65.0 Å². The van der Waals surface area contributed by atoms with Crippen LogP contribution in [0.4, 0.5) is 4.39 Å². The lowest BCUT2D eigenvalue weighted by Crippen LogP contribution is -2.42. The smallest absolute Gasteiger partial charge is 0.269 e. The maximum atomic E-state index is 13.6. The Kier molecular flexibility index (Phi) is 5.30. The van der Waals surface area contributed by atoms with Gasteiger partial charge < -0.3 is 4.74 Å². The third-order valence-corrected chi connectivity index (χ3v) is 3.29. The molecule has 0 aliphatic heterocycles. The first kappa shape index (κ1) is 16.5. The van der Waals surface area contributed by atoms with Crippen LogP contribution >= 0.6 is 0 Å². The summed E-state index contributed by atoms with van der Waals surface area (Å²) >= 11 is 0. The number of carbonyl (C=O) groups is 2. The number of carbonyl (C=O) groups excluding carboxylic acids is 2. The molecule has 2 aromatic carbocycles. The highest BCUT2D eigenvalue weighted by atomic mass is 19.1. The van der Waals surface area contributed by atoms with Crippen molar-refractivity contribution in [3.8, 4) is 5.75 Å². The second-order valence-electron chi connectivity index (χ2n) is 4.96. The van der Waals surface area contributed by atoms with Crippen molar-refractivity contribution in [1.29, 1.82) is 0 Å². The van der Waals surface area contributed by atoms with Gasteiger partial charge in [0, 0.05) is 5.56 Å². The fourth-order valence-electron chi connectivity index (χ4n) is 2.07. The second kappa shape index (κ2) is 7.40. The SMILES string of the molecule is COc1ccc(CC(=O)NNC(=O)c2ccccc2C)cc1F. The van der Waals surface area contributed by atoms with Crippen LogP contribution in [0.5, 0.6) is 5.75 Å². The lowest BCUT2D eigenvalue weighted by atomic mass is 10.1. The molecule has 120 valence electrons. The molecule has 2 aromatic rings. The molecule has 0 fully saturated rings. The van der Waals surface area contributed by atoms with Gasteiger partial charge in [0.15, 0.2) is 11.6 Å². The number of amides is 2. The van der Waals surface area contributed by atoms with Gasteiger partial charge in [-0.25, -0.2) is 4.39 Å². The summed E-state index contributed by atoms with van der Waals surface area (Å²) in [5, 5.41) is 0. The van der Waals surface area contributed by atoms with Gasteiger partial charge in [-0.05, 0) is 36.2 Å². The average Bonchev–Trinajstić information content (AvgIpc) is 2.53. The summed E-state index contributed by atoms with van der Waals surface area (Å²) in [5.41, 5.74) is 6.41. The standard InChI is InChI=1S/C17H17FN2O3/c1-11-5-3-4-6-13(11)17(22)20-19-16(21)10-12-7-8-15(23-2)14(18)9-12/h3-9H,10H2,1-2H3,(H,19,21)(H,20,22). The minimum Gasteiger partial charge on any atom is -0.494 e. The molecule has 2 N–H and O–H groups in total. The third kappa shape index (κ3) is 4.29. The molecule has 0 aliphatic rings. The van der Waals surface area contributed by atoms with Crippen molar-refractivity contribution >= 4 is 11.8 Å². The van der Waals surface area contributed by atoms with Gasteiger partial charge in [0.05, 0.1) is 13.5 Å². The Hall–Kier alpha value is -2.89. The van der Waals surface area contributed by atoms with E-state index in [4.69, 9.17) is 4.74 Å². The predicted octanol–water partition coefficient (Wildman–Crippen LogP) is 2.15. The number of hydrogen-bond acceptors (Lipinski definition) is 3. The molecule has 0 heterocycles. The highest BCUT2D eigenvalue weighted by Gasteiger charge is 2.11. The average molecular weight is 316 g/mol. The van der Waals surface area contributed by atoms with Crippen molar-refractivity contribution in [2.24, 2.45) is 0 Å². The molecule has 0 spiro atoms. The predicted molar refractivity (Wildman–Crippen MR) is 83.4 cm³/mol. The molecule has 0 saturated carbocycles. The van der Waals surface area contributed by atoms with Crippen molar-refractivity contribution in [3.63, 3.8) is 0 Å². The van der Waals surface area contributed by atoms with E-state index in [9.17, 15) is 14.0 Å². The van der Waals surface area contributed by atoms with E-state index < -0.39 is 17.6 Å². The molecular weight excluding hydrogens is 299 g/mol. The summed E-state index contributed by atoms with van der Waals surface area (Å²) in [6, 6.07) is 11.3. The van der Waals surface area contributed by atoms with E-state index in [1.807, 2.05) is 6.07 Å². The van der Waals surface area contributed by atoms with Crippen LogP contribution in [-0.2, 0) is 11.2 Å². The number of hydrogen-bond donors (Lipinski definition) is 2. The fraction of sp³-hybridized carbons (Fsp3) is 0.176. The number of halogens is 1. The zero-order valence-electron chi connectivity index (χ0n) is 12.9. The van der Waals surface area contributed by atoms with E-state index in [1.165, 1.54) is 19.2 Å². The highest BCUT2D eigenvalue weighted by molar-refractivity contribution is 5.96. The van der Waals surface area contributed by atoms with E-state index in [2.05, 4.69) is 10.9 Å². The molecule has 2 rings (SSSR count). The first-order valence-corrected chi connectivity index (χ1v) is 6.98. The Morgan fingerprint density at radius 2 is 1.87 bits per heavy atom. The molecule has 5 nitrogen and oxygen atoms in total. The quantitative estimate of drug-likeness (QED) is 0.849. The molecule has 0 saturated heterocycles. The van der Waals surface area contributed by atoms with E-state index in [1.54, 1.807) is 31.2 Å². The van der Waals surface area contributed by atoms with Crippen LogP contribution in [0.15, 0.2) is 42.5 Å². The third-order valence-electron chi connectivity index (χ3n) is 3.29. The van der Waals surface area contributed by atoms with Gasteiger partial charge in [0.2, 0.25) is 5.91 Å². The Morgan fingerprint density at radius 3 is 2.52 bits per heavy atom. The summed E-state index contributed by atoms with van der Waals surface area (Å²) in [6.07, 6.45) is -0.0605. The molecule has 0 unspecified atom stereocenters. The molecule has 6 heteroatoms. The van der Waals surface area contributed by atoms with Crippen LogP contribution in [-0.4, -0.2) is 18.9 Å². The topological polar surface area (TPSA) is 67.4 Å². The van der Waals surface area contributed by atoms with E-state index >= 15 is 0 Å². The van der Waals surface area contributed by atoms with Crippen molar-refractivity contribution in [2.75, 3.05) is 7.11 Å². The Labute approximate surface area is 133 Å². The molecule has 0 radical (unpaired) electrons. The molecule has 0 aliphatic carbocycles. The molecule has 0 bridgehead atoms. The van der Waals surface area contributed by atoms with Crippen LogP contribution in [0.3, 0.4) is 0 Å². The molecule has 23 heavy (non-hydrogen) atoms. The van der Waals surface area contributed by atoms with Gasteiger partial charge in [-0.3, -0.25) is 20.4 Å². The fourth-order valence-corrected chi connectivity index (χ4v) is 2.07. The van der Waals surface area contributed by atoms with Crippen LogP contribution < -0.4 is 15.6 Å². The van der Waals surface area contributed by atoms with Crippen molar-refractivity contribution in [2.45, 2.75) is 13.3 Å². The van der Waals surface area contributed by atoms with Gasteiger partial charge in [0.25, 0.3) is 5.91 Å². The minimum atomic E-state index is -0.540. The molecule has 0 atom stereocenters. The number of rotatable bonds is 4. The number of nitrogens with one attached hydrogen (secondary N) is 2. The van der Waals surface area contributed by atoms with Gasteiger partial charge in [-0.2, -0.15) is 0 Å². The van der Waals surface area contributed by atoms with Gasteiger partial charge in [-0.15, -0.1) is 0 Å². The van der Waals surface area contributed by atoms with Crippen LogP contribution in [0.25, 0.3) is 0 Å². The molecular formula is C17H17FN2O3. The number of ether oxygens (including phenoxy) is 1. The summed E-state index contributed by atoms with van der Waals surface area (Å²) in [7, 11) is 1.37. The van der Waals surface area contributed by atoms with Crippen molar-refractivity contribution in [1.82, 2.24) is 10.9 Å². The molecule has 0 aromatic heterocycles. The minimum absolute atomic E-state index is 0.0605. The lowest BCUT2D eigenvalue weighted by molar-refractivity contribution is -0.121. The second-order valence-corrected chi connectivity index (χ2v) is 4.96. The normalized spacial score (nSPS) is 10.0. The molecule has 2 amide bonds. The summed E-state index contributed by atoms with van der Waals surface area (Å²) < 4.78 is 18.4. The Bertz CT molecular complexity index is 732. The van der Waals surface area contributed by atoms with Crippen LogP contribution in [0.1, 0.15) is 21.5 Å². The maximum absolute atomic E-state index is 13.6. The zero-order valence-corrected chi connectivity index (χ0v) is 12.9. The first-order valence-electron chi connectivity index (χ1n) is 6.98. The monoisotopic (exact) mass is 316 g/mol. The number of hydrazine groups is 1. The van der Waals surface area contributed by atoms with E-state index in [0.29, 0.717) is 11.1 Å². The number of benzene rings is 2. The summed E-state index contributed by atoms with van der Waals surface area (Å²) in [4.78, 5) is 23.8. The highest BCUT2D eigenvalue weighted by Crippen LogP contribution is 2.17. The van der Waals surface area contributed by atoms with Gasteiger partial charge in [-0.1, -0.05) is 24.3 Å². The van der Waals surface area contributed by atoms with Gasteiger partial charge in [0.1, 0.15) is 0 Å². The van der Waals surface area contributed by atoms with Crippen LogP contribution in [0, 0.1) is 12.7 Å². The number of aryl methyl sites for hydroxylation is 1. The summed E-state index contributed by atoms with van der Waals surface area (Å²) in [5.74, 6) is -1.28. The van der Waals surface area contributed by atoms with Gasteiger partial charge >= 0.3 is 0 Å². The Balaban J connectivity index is 1.91. The number of methoxy groups -OCH3 is 1. The lowest BCUT2D eigenvalue weighted by Gasteiger charge is -2.09. The first-order chi connectivity index (χ1) is 11.0. The van der Waals surface area contributed by atoms with Crippen LogP contribution in [0.2, 0.25) is 0 Å². The Morgan fingerprint density at radius 1 is 1.13 bits per heavy atom.